The highest BCUT2D eigenvalue weighted by Crippen LogP contribution is 2.22. The zero-order valence-corrected chi connectivity index (χ0v) is 15.1. The Labute approximate surface area is 153 Å². The van der Waals surface area contributed by atoms with E-state index in [0.29, 0.717) is 30.2 Å². The third-order valence-corrected chi connectivity index (χ3v) is 4.35. The molecule has 6 nitrogen and oxygen atoms in total. The van der Waals surface area contributed by atoms with Crippen molar-refractivity contribution < 1.29 is 18.7 Å². The fourth-order valence-electron chi connectivity index (χ4n) is 3.06. The Morgan fingerprint density at radius 1 is 1.27 bits per heavy atom. The zero-order chi connectivity index (χ0) is 18.5. The number of ether oxygens (including phenoxy) is 1. The van der Waals surface area contributed by atoms with E-state index in [1.807, 2.05) is 18.7 Å². The molecule has 0 saturated carbocycles. The number of nitrogens with zero attached hydrogens (tertiary/aromatic N) is 1. The highest BCUT2D eigenvalue weighted by Gasteiger charge is 2.31. The number of hydrogen-bond donors (Lipinski definition) is 1. The van der Waals surface area contributed by atoms with Crippen molar-refractivity contribution in [3.63, 3.8) is 0 Å². The maximum Gasteiger partial charge on any atom is 0.289 e. The maximum absolute atomic E-state index is 12.5. The molecular formula is C20H24N2O4. The zero-order valence-electron chi connectivity index (χ0n) is 15.1. The van der Waals surface area contributed by atoms with Gasteiger partial charge in [0.05, 0.1) is 12.3 Å². The Kier molecular flexibility index (Phi) is 5.61. The summed E-state index contributed by atoms with van der Waals surface area (Å²) in [5.41, 5.74) is 0.599. The molecule has 0 spiro atoms. The monoisotopic (exact) mass is 356 g/mol. The van der Waals surface area contributed by atoms with Crippen molar-refractivity contribution in [3.05, 3.63) is 54.0 Å². The number of furan rings is 1. The summed E-state index contributed by atoms with van der Waals surface area (Å²) in [4.78, 5) is 26.2. The van der Waals surface area contributed by atoms with Gasteiger partial charge < -0.3 is 19.4 Å². The first-order chi connectivity index (χ1) is 12.5. The number of benzene rings is 1. The van der Waals surface area contributed by atoms with E-state index in [2.05, 4.69) is 5.32 Å². The summed E-state index contributed by atoms with van der Waals surface area (Å²) in [6.45, 7) is 4.98. The van der Waals surface area contributed by atoms with Crippen LogP contribution >= 0.6 is 0 Å². The first-order valence-corrected chi connectivity index (χ1v) is 8.93. The van der Waals surface area contributed by atoms with E-state index >= 15 is 0 Å². The standard InChI is InChI=1S/C20H24N2O4/c1-14(2)21-19(23)15-7-9-17(10-8-15)26-13-16-5-3-11-22(16)20(24)18-6-4-12-25-18/h4,6-10,12,14,16H,3,5,11,13H2,1-2H3,(H,21,23)/t16-/m1/s1. The number of carbonyl (C=O) groups excluding carboxylic acids is 2. The van der Waals surface area contributed by atoms with Gasteiger partial charge in [-0.05, 0) is 63.1 Å². The molecule has 0 aliphatic carbocycles. The van der Waals surface area contributed by atoms with E-state index in [0.717, 1.165) is 12.8 Å². The summed E-state index contributed by atoms with van der Waals surface area (Å²) in [5.74, 6) is 0.847. The first-order valence-electron chi connectivity index (χ1n) is 8.93. The van der Waals surface area contributed by atoms with E-state index in [9.17, 15) is 9.59 Å². The molecule has 2 aromatic rings. The summed E-state index contributed by atoms with van der Waals surface area (Å²) in [6.07, 6.45) is 3.36. The summed E-state index contributed by atoms with van der Waals surface area (Å²) in [7, 11) is 0. The molecule has 1 atom stereocenters. The van der Waals surface area contributed by atoms with E-state index in [-0.39, 0.29) is 23.9 Å². The maximum atomic E-state index is 12.5. The number of nitrogens with one attached hydrogen (secondary N) is 1. The fourth-order valence-corrected chi connectivity index (χ4v) is 3.06. The average Bonchev–Trinajstić information content (AvgIpc) is 3.31. The van der Waals surface area contributed by atoms with E-state index in [1.165, 1.54) is 6.26 Å². The molecule has 0 radical (unpaired) electrons. The molecule has 1 fully saturated rings. The highest BCUT2D eigenvalue weighted by molar-refractivity contribution is 5.94. The van der Waals surface area contributed by atoms with Gasteiger partial charge in [0.25, 0.3) is 11.8 Å². The van der Waals surface area contributed by atoms with Crippen LogP contribution in [0.5, 0.6) is 5.75 Å². The number of carbonyl (C=O) groups is 2. The van der Waals surface area contributed by atoms with Gasteiger partial charge in [0.1, 0.15) is 12.4 Å². The molecule has 2 heterocycles. The van der Waals surface area contributed by atoms with Crippen molar-refractivity contribution in [1.82, 2.24) is 10.2 Å². The van der Waals surface area contributed by atoms with Gasteiger partial charge in [0.15, 0.2) is 5.76 Å². The van der Waals surface area contributed by atoms with Crippen LogP contribution < -0.4 is 10.1 Å². The van der Waals surface area contributed by atoms with Gasteiger partial charge in [-0.1, -0.05) is 0 Å². The molecule has 1 aliphatic rings. The molecule has 0 bridgehead atoms. The van der Waals surface area contributed by atoms with Gasteiger partial charge in [-0.25, -0.2) is 0 Å². The predicted molar refractivity (Wildman–Crippen MR) is 97.3 cm³/mol. The number of hydrogen-bond acceptors (Lipinski definition) is 4. The van der Waals surface area contributed by atoms with Crippen LogP contribution in [0.1, 0.15) is 47.6 Å². The van der Waals surface area contributed by atoms with Crippen LogP contribution in [-0.2, 0) is 0 Å². The number of rotatable bonds is 6. The highest BCUT2D eigenvalue weighted by atomic mass is 16.5. The molecule has 1 aliphatic heterocycles. The molecule has 1 aromatic heterocycles. The van der Waals surface area contributed by atoms with Crippen molar-refractivity contribution in [2.24, 2.45) is 0 Å². The Morgan fingerprint density at radius 2 is 2.04 bits per heavy atom. The van der Waals surface area contributed by atoms with Crippen molar-refractivity contribution in [3.8, 4) is 5.75 Å². The molecule has 138 valence electrons. The van der Waals surface area contributed by atoms with E-state index in [4.69, 9.17) is 9.15 Å². The molecule has 26 heavy (non-hydrogen) atoms. The van der Waals surface area contributed by atoms with E-state index < -0.39 is 0 Å². The van der Waals surface area contributed by atoms with Gasteiger partial charge in [-0.2, -0.15) is 0 Å². The Morgan fingerprint density at radius 3 is 2.69 bits per heavy atom. The number of amides is 2. The molecule has 1 N–H and O–H groups in total. The first kappa shape index (κ1) is 18.0. The fraction of sp³-hybridized carbons (Fsp3) is 0.400. The lowest BCUT2D eigenvalue weighted by Crippen LogP contribution is -2.38. The quantitative estimate of drug-likeness (QED) is 0.863. The summed E-state index contributed by atoms with van der Waals surface area (Å²) < 4.78 is 11.1. The van der Waals surface area contributed by atoms with Crippen molar-refractivity contribution in [2.45, 2.75) is 38.8 Å². The molecule has 3 rings (SSSR count). The molecule has 1 aromatic carbocycles. The normalized spacial score (nSPS) is 16.7. The predicted octanol–water partition coefficient (Wildman–Crippen LogP) is 3.10. The van der Waals surface area contributed by atoms with Gasteiger partial charge in [-0.3, -0.25) is 9.59 Å². The third kappa shape index (κ3) is 4.25. The Hall–Kier alpha value is -2.76. The van der Waals surface area contributed by atoms with Gasteiger partial charge in [0, 0.05) is 18.2 Å². The molecule has 2 amide bonds. The molecule has 6 heteroatoms. The molecule has 1 saturated heterocycles. The second kappa shape index (κ2) is 8.08. The Balaban J connectivity index is 1.56. The van der Waals surface area contributed by atoms with Crippen LogP contribution in [0.2, 0.25) is 0 Å². The minimum atomic E-state index is -0.0995. The second-order valence-electron chi connectivity index (χ2n) is 6.74. The SMILES string of the molecule is CC(C)NC(=O)c1ccc(OC[C@H]2CCCN2C(=O)c2ccco2)cc1. The van der Waals surface area contributed by atoms with E-state index in [1.54, 1.807) is 36.4 Å². The van der Waals surface area contributed by atoms with Crippen LogP contribution in [0.4, 0.5) is 0 Å². The van der Waals surface area contributed by atoms with Gasteiger partial charge in [0.2, 0.25) is 0 Å². The van der Waals surface area contributed by atoms with Gasteiger partial charge >= 0.3 is 0 Å². The smallest absolute Gasteiger partial charge is 0.289 e. The van der Waals surface area contributed by atoms with Crippen LogP contribution in [0.15, 0.2) is 47.1 Å². The molecular weight excluding hydrogens is 332 g/mol. The molecule has 0 unspecified atom stereocenters. The van der Waals surface area contributed by atoms with Crippen LogP contribution in [-0.4, -0.2) is 41.9 Å². The largest absolute Gasteiger partial charge is 0.491 e. The topological polar surface area (TPSA) is 71.8 Å². The summed E-state index contributed by atoms with van der Waals surface area (Å²) >= 11 is 0. The van der Waals surface area contributed by atoms with Crippen LogP contribution in [0, 0.1) is 0 Å². The third-order valence-electron chi connectivity index (χ3n) is 4.35. The van der Waals surface area contributed by atoms with Crippen molar-refractivity contribution in [1.29, 1.82) is 0 Å². The Bertz CT molecular complexity index is 738. The summed E-state index contributed by atoms with van der Waals surface area (Å²) in [5, 5.41) is 2.85. The lowest BCUT2D eigenvalue weighted by Gasteiger charge is -2.24. The van der Waals surface area contributed by atoms with Crippen molar-refractivity contribution in [2.75, 3.05) is 13.2 Å². The lowest BCUT2D eigenvalue weighted by atomic mass is 10.2. The lowest BCUT2D eigenvalue weighted by molar-refractivity contribution is 0.0659. The minimum absolute atomic E-state index is 0.0246. The summed E-state index contributed by atoms with van der Waals surface area (Å²) in [6, 6.07) is 10.6. The average molecular weight is 356 g/mol. The minimum Gasteiger partial charge on any atom is -0.491 e. The number of likely N-dealkylation sites (tertiary alicyclic amines) is 1. The van der Waals surface area contributed by atoms with Crippen LogP contribution in [0.3, 0.4) is 0 Å². The van der Waals surface area contributed by atoms with Crippen molar-refractivity contribution >= 4 is 11.8 Å². The van der Waals surface area contributed by atoms with Gasteiger partial charge in [-0.15, -0.1) is 0 Å². The second-order valence-corrected chi connectivity index (χ2v) is 6.74. The van der Waals surface area contributed by atoms with Crippen LogP contribution in [0.25, 0.3) is 0 Å².